The number of para-hydroxylation sites is 1. The van der Waals surface area contributed by atoms with Crippen molar-refractivity contribution in [1.82, 2.24) is 4.98 Å². The van der Waals surface area contributed by atoms with Crippen LogP contribution in [-0.4, -0.2) is 31.3 Å². The molecule has 1 aliphatic heterocycles. The number of carbonyl (C=O) groups excluding carboxylic acids is 1. The van der Waals surface area contributed by atoms with Gasteiger partial charge in [-0.2, -0.15) is 0 Å². The molecule has 0 saturated carbocycles. The molecule has 1 aliphatic rings. The molecule has 0 atom stereocenters. The first-order valence-corrected chi connectivity index (χ1v) is 9.15. The molecule has 0 radical (unpaired) electrons. The molecule has 28 heavy (non-hydrogen) atoms. The first-order chi connectivity index (χ1) is 13.7. The van der Waals surface area contributed by atoms with Crippen molar-refractivity contribution in [3.05, 3.63) is 90.2 Å². The minimum absolute atomic E-state index is 0.0775. The number of nitrogens with zero attached hydrogens (tertiary/aromatic N) is 2. The second-order valence-corrected chi connectivity index (χ2v) is 6.60. The summed E-state index contributed by atoms with van der Waals surface area (Å²) in [6, 6.07) is 19.1. The van der Waals surface area contributed by atoms with Crippen LogP contribution in [0.4, 0.5) is 11.4 Å². The fourth-order valence-corrected chi connectivity index (χ4v) is 3.10. The predicted octanol–water partition coefficient (Wildman–Crippen LogP) is 3.95. The number of pyridine rings is 1. The van der Waals surface area contributed by atoms with Gasteiger partial charge in [0, 0.05) is 36.4 Å². The molecule has 6 heteroatoms. The average Bonchev–Trinajstić information content (AvgIpc) is 2.77. The van der Waals surface area contributed by atoms with E-state index in [1.165, 1.54) is 5.56 Å². The summed E-state index contributed by atoms with van der Waals surface area (Å²) in [7, 11) is 1.76. The normalized spacial score (nSPS) is 12.1. The molecule has 1 aromatic heterocycles. The van der Waals surface area contributed by atoms with Gasteiger partial charge in [-0.1, -0.05) is 30.3 Å². The van der Waals surface area contributed by atoms with Crippen molar-refractivity contribution in [3.63, 3.8) is 0 Å². The molecule has 5 nitrogen and oxygen atoms in total. The Bertz CT molecular complexity index is 990. The number of aromatic nitrogens is 1. The predicted molar refractivity (Wildman–Crippen MR) is 114 cm³/mol. The highest BCUT2D eigenvalue weighted by atomic mass is 16.5. The average molecular weight is 369 g/mol. The zero-order valence-electron chi connectivity index (χ0n) is 15.6. The lowest BCUT2D eigenvalue weighted by atomic mass is 9.61. The Hall–Kier alpha value is -3.54. The van der Waals surface area contributed by atoms with Gasteiger partial charge >= 0.3 is 6.85 Å². The van der Waals surface area contributed by atoms with Gasteiger partial charge in [-0.25, -0.2) is 0 Å². The summed E-state index contributed by atoms with van der Waals surface area (Å²) < 4.78 is 5.91. The summed E-state index contributed by atoms with van der Waals surface area (Å²) in [4.78, 5) is 18.1. The zero-order valence-corrected chi connectivity index (χ0v) is 15.6. The van der Waals surface area contributed by atoms with Crippen LogP contribution in [-0.2, 0) is 0 Å². The lowest BCUT2D eigenvalue weighted by Gasteiger charge is -2.20. The maximum atomic E-state index is 12.5. The van der Waals surface area contributed by atoms with Crippen LogP contribution in [0.5, 0.6) is 5.75 Å². The highest BCUT2D eigenvalue weighted by Gasteiger charge is 2.18. The minimum atomic E-state index is -0.0775. The molecule has 4 rings (SSSR count). The van der Waals surface area contributed by atoms with Crippen LogP contribution in [0.1, 0.15) is 15.9 Å². The Kier molecular flexibility index (Phi) is 5.10. The molecular formula is C22H20BN3O2. The number of amides is 1. The van der Waals surface area contributed by atoms with Crippen LogP contribution in [0, 0.1) is 0 Å². The molecule has 0 spiro atoms. The van der Waals surface area contributed by atoms with E-state index in [4.69, 9.17) is 4.74 Å². The summed E-state index contributed by atoms with van der Waals surface area (Å²) in [5, 5.41) is 3.46. The number of ether oxygens (including phenoxy) is 1. The molecular weight excluding hydrogens is 349 g/mol. The van der Waals surface area contributed by atoms with E-state index < -0.39 is 0 Å². The molecule has 0 aliphatic carbocycles. The Labute approximate surface area is 164 Å². The van der Waals surface area contributed by atoms with Crippen LogP contribution in [0.25, 0.3) is 6.08 Å². The molecule has 2 aromatic carbocycles. The van der Waals surface area contributed by atoms with E-state index in [0.717, 1.165) is 17.1 Å². The SMILES string of the molecule is CN(C(=O)c1ccncc1)c1ccc(OCB2C=Cc3ccccc3N2)cc1. The molecule has 3 aromatic rings. The van der Waals surface area contributed by atoms with Crippen molar-refractivity contribution < 1.29 is 9.53 Å². The Morgan fingerprint density at radius 1 is 1.07 bits per heavy atom. The van der Waals surface area contributed by atoms with Gasteiger partial charge in [0.2, 0.25) is 0 Å². The number of rotatable bonds is 5. The Balaban J connectivity index is 1.36. The number of nitrogens with one attached hydrogen (secondary N) is 1. The fraction of sp³-hybridized carbons (Fsp3) is 0.0909. The van der Waals surface area contributed by atoms with Gasteiger partial charge in [0.15, 0.2) is 0 Å². The topological polar surface area (TPSA) is 54.5 Å². The number of benzene rings is 2. The highest BCUT2D eigenvalue weighted by Crippen LogP contribution is 2.23. The third-order valence-electron chi connectivity index (χ3n) is 4.70. The van der Waals surface area contributed by atoms with Crippen molar-refractivity contribution in [1.29, 1.82) is 0 Å². The van der Waals surface area contributed by atoms with Gasteiger partial charge in [0.05, 0.1) is 6.51 Å². The third-order valence-corrected chi connectivity index (χ3v) is 4.70. The van der Waals surface area contributed by atoms with Crippen LogP contribution in [0.15, 0.2) is 79.0 Å². The van der Waals surface area contributed by atoms with E-state index in [0.29, 0.717) is 12.1 Å². The van der Waals surface area contributed by atoms with Crippen LogP contribution in [0.2, 0.25) is 0 Å². The van der Waals surface area contributed by atoms with Crippen molar-refractivity contribution in [3.8, 4) is 5.75 Å². The first kappa shape index (κ1) is 17.9. The summed E-state index contributed by atoms with van der Waals surface area (Å²) in [5.41, 5.74) is 3.71. The van der Waals surface area contributed by atoms with Crippen LogP contribution >= 0.6 is 0 Å². The van der Waals surface area contributed by atoms with Crippen molar-refractivity contribution >= 4 is 30.2 Å². The smallest absolute Gasteiger partial charge is 0.319 e. The van der Waals surface area contributed by atoms with Gasteiger partial charge in [-0.3, -0.25) is 9.78 Å². The minimum Gasteiger partial charge on any atom is -0.499 e. The second-order valence-electron chi connectivity index (χ2n) is 6.60. The zero-order chi connectivity index (χ0) is 19.3. The molecule has 1 N–H and O–H groups in total. The molecule has 0 unspecified atom stereocenters. The van der Waals surface area contributed by atoms with Gasteiger partial charge in [0.1, 0.15) is 5.75 Å². The molecule has 0 fully saturated rings. The number of carbonyl (C=O) groups is 1. The quantitative estimate of drug-likeness (QED) is 0.692. The van der Waals surface area contributed by atoms with E-state index in [-0.39, 0.29) is 12.8 Å². The monoisotopic (exact) mass is 369 g/mol. The van der Waals surface area contributed by atoms with E-state index in [1.807, 2.05) is 36.4 Å². The van der Waals surface area contributed by atoms with E-state index in [1.54, 1.807) is 36.5 Å². The first-order valence-electron chi connectivity index (χ1n) is 9.15. The molecule has 0 saturated heterocycles. The summed E-state index contributed by atoms with van der Waals surface area (Å²) in [6.07, 6.45) is 5.34. The van der Waals surface area contributed by atoms with E-state index >= 15 is 0 Å². The largest absolute Gasteiger partial charge is 0.499 e. The second kappa shape index (κ2) is 8.00. The third kappa shape index (κ3) is 3.91. The molecule has 1 amide bonds. The summed E-state index contributed by atoms with van der Waals surface area (Å²) in [6.45, 7) is 0.640. The summed E-state index contributed by atoms with van der Waals surface area (Å²) in [5.74, 6) is 2.80. The summed E-state index contributed by atoms with van der Waals surface area (Å²) >= 11 is 0. The van der Waals surface area contributed by atoms with Crippen LogP contribution < -0.4 is 14.9 Å². The fourth-order valence-electron chi connectivity index (χ4n) is 3.10. The van der Waals surface area contributed by atoms with Gasteiger partial charge in [0.25, 0.3) is 5.91 Å². The Morgan fingerprint density at radius 2 is 1.82 bits per heavy atom. The molecule has 0 bridgehead atoms. The maximum Gasteiger partial charge on any atom is 0.319 e. The lowest BCUT2D eigenvalue weighted by molar-refractivity contribution is 0.0993. The van der Waals surface area contributed by atoms with Gasteiger partial charge in [-0.15, -0.1) is 0 Å². The molecule has 2 heterocycles. The number of anilines is 2. The van der Waals surface area contributed by atoms with E-state index in [9.17, 15) is 4.79 Å². The van der Waals surface area contributed by atoms with E-state index in [2.05, 4.69) is 34.4 Å². The Morgan fingerprint density at radius 3 is 2.61 bits per heavy atom. The lowest BCUT2D eigenvalue weighted by Crippen LogP contribution is -2.32. The standard InChI is InChI=1S/C22H20BN3O2/c1-26(22(27)18-11-14-24-15-12-18)19-6-8-20(9-7-19)28-16-23-13-10-17-4-2-3-5-21(17)25-23/h2-15,25H,16H2,1H3. The van der Waals surface area contributed by atoms with Crippen LogP contribution in [0.3, 0.4) is 0 Å². The van der Waals surface area contributed by atoms with Crippen molar-refractivity contribution in [2.75, 3.05) is 23.7 Å². The van der Waals surface area contributed by atoms with Crippen molar-refractivity contribution in [2.24, 2.45) is 0 Å². The highest BCUT2D eigenvalue weighted by molar-refractivity contribution is 6.69. The number of fused-ring (bicyclic) bond motifs is 1. The molecule has 138 valence electrons. The van der Waals surface area contributed by atoms with Gasteiger partial charge < -0.3 is 14.9 Å². The van der Waals surface area contributed by atoms with Crippen molar-refractivity contribution in [2.45, 2.75) is 0 Å². The number of hydrogen-bond acceptors (Lipinski definition) is 4. The van der Waals surface area contributed by atoms with Gasteiger partial charge in [-0.05, 0) is 48.0 Å². The maximum absolute atomic E-state index is 12.5. The number of hydrogen-bond donors (Lipinski definition) is 1.